The van der Waals surface area contributed by atoms with E-state index in [1.54, 1.807) is 11.3 Å². The molecular weight excluding hydrogens is 374 g/mol. The standard InChI is InChI=1S/C14H15Br2NS/c1-10(6-11-2-4-12(15)5-3-11)17-8-14-7-13(16)9-18-14/h2-5,7,9-10,17H,6,8H2,1H3. The normalized spacial score (nSPS) is 12.6. The maximum Gasteiger partial charge on any atom is 0.0302 e. The summed E-state index contributed by atoms with van der Waals surface area (Å²) in [7, 11) is 0. The molecule has 0 aliphatic heterocycles. The number of hydrogen-bond donors (Lipinski definition) is 1. The summed E-state index contributed by atoms with van der Waals surface area (Å²) in [6, 6.07) is 11.2. The first kappa shape index (κ1) is 14.3. The summed E-state index contributed by atoms with van der Waals surface area (Å²) in [6.07, 6.45) is 1.06. The van der Waals surface area contributed by atoms with E-state index in [4.69, 9.17) is 0 Å². The Kier molecular flexibility index (Phi) is 5.42. The maximum absolute atomic E-state index is 3.55. The van der Waals surface area contributed by atoms with Crippen molar-refractivity contribution < 1.29 is 0 Å². The molecule has 1 N–H and O–H groups in total. The maximum atomic E-state index is 3.55. The van der Waals surface area contributed by atoms with Crippen molar-refractivity contribution in [1.82, 2.24) is 5.32 Å². The Morgan fingerprint density at radius 3 is 2.50 bits per heavy atom. The number of halogens is 2. The topological polar surface area (TPSA) is 12.0 Å². The highest BCUT2D eigenvalue weighted by molar-refractivity contribution is 9.10. The first-order valence-electron chi connectivity index (χ1n) is 5.84. The number of rotatable bonds is 5. The fraction of sp³-hybridized carbons (Fsp3) is 0.286. The van der Waals surface area contributed by atoms with Gasteiger partial charge in [-0.15, -0.1) is 11.3 Å². The molecule has 0 fully saturated rings. The van der Waals surface area contributed by atoms with Crippen molar-refractivity contribution in [3.8, 4) is 0 Å². The number of benzene rings is 1. The fourth-order valence-electron chi connectivity index (χ4n) is 1.77. The van der Waals surface area contributed by atoms with Crippen molar-refractivity contribution in [3.63, 3.8) is 0 Å². The smallest absolute Gasteiger partial charge is 0.0302 e. The molecule has 2 aromatic rings. The van der Waals surface area contributed by atoms with Gasteiger partial charge in [0.2, 0.25) is 0 Å². The van der Waals surface area contributed by atoms with Crippen LogP contribution in [-0.4, -0.2) is 6.04 Å². The highest BCUT2D eigenvalue weighted by atomic mass is 79.9. The zero-order valence-corrected chi connectivity index (χ0v) is 14.1. The zero-order valence-electron chi connectivity index (χ0n) is 10.1. The molecule has 18 heavy (non-hydrogen) atoms. The molecule has 2 rings (SSSR count). The van der Waals surface area contributed by atoms with Gasteiger partial charge >= 0.3 is 0 Å². The largest absolute Gasteiger partial charge is 0.309 e. The molecule has 0 aliphatic rings. The van der Waals surface area contributed by atoms with Crippen LogP contribution in [0, 0.1) is 0 Å². The lowest BCUT2D eigenvalue weighted by molar-refractivity contribution is 0.549. The van der Waals surface area contributed by atoms with Crippen LogP contribution in [0.2, 0.25) is 0 Å². The molecule has 1 unspecified atom stereocenters. The molecule has 1 heterocycles. The Bertz CT molecular complexity index is 493. The van der Waals surface area contributed by atoms with Crippen LogP contribution >= 0.6 is 43.2 Å². The third-order valence-corrected chi connectivity index (χ3v) is 4.93. The highest BCUT2D eigenvalue weighted by Crippen LogP contribution is 2.19. The fourth-order valence-corrected chi connectivity index (χ4v) is 3.43. The van der Waals surface area contributed by atoms with Crippen LogP contribution in [0.25, 0.3) is 0 Å². The van der Waals surface area contributed by atoms with E-state index in [1.807, 2.05) is 0 Å². The van der Waals surface area contributed by atoms with Gasteiger partial charge in [-0.25, -0.2) is 0 Å². The SMILES string of the molecule is CC(Cc1ccc(Br)cc1)NCc1cc(Br)cs1. The Morgan fingerprint density at radius 1 is 1.17 bits per heavy atom. The van der Waals surface area contributed by atoms with Gasteiger partial charge in [0.05, 0.1) is 0 Å². The molecule has 0 spiro atoms. The van der Waals surface area contributed by atoms with E-state index in [1.165, 1.54) is 14.9 Å². The van der Waals surface area contributed by atoms with Crippen molar-refractivity contribution in [1.29, 1.82) is 0 Å². The monoisotopic (exact) mass is 387 g/mol. The minimum Gasteiger partial charge on any atom is -0.309 e. The van der Waals surface area contributed by atoms with E-state index in [0.29, 0.717) is 6.04 Å². The second-order valence-corrected chi connectivity index (χ2v) is 7.17. The van der Waals surface area contributed by atoms with Gasteiger partial charge in [-0.2, -0.15) is 0 Å². The van der Waals surface area contributed by atoms with E-state index in [-0.39, 0.29) is 0 Å². The van der Waals surface area contributed by atoms with Crippen LogP contribution in [0.4, 0.5) is 0 Å². The molecule has 4 heteroatoms. The minimum atomic E-state index is 0.479. The van der Waals surface area contributed by atoms with E-state index >= 15 is 0 Å². The molecular formula is C14H15Br2NS. The first-order valence-corrected chi connectivity index (χ1v) is 8.31. The van der Waals surface area contributed by atoms with Crippen LogP contribution in [0.15, 0.2) is 44.7 Å². The highest BCUT2D eigenvalue weighted by Gasteiger charge is 2.04. The zero-order chi connectivity index (χ0) is 13.0. The molecule has 0 saturated heterocycles. The van der Waals surface area contributed by atoms with Gasteiger partial charge in [0.15, 0.2) is 0 Å². The van der Waals surface area contributed by atoms with Crippen LogP contribution in [0.1, 0.15) is 17.4 Å². The van der Waals surface area contributed by atoms with Gasteiger partial charge in [0.1, 0.15) is 0 Å². The predicted octanol–water partition coefficient (Wildman–Crippen LogP) is 4.99. The lowest BCUT2D eigenvalue weighted by Crippen LogP contribution is -2.27. The average Bonchev–Trinajstić information content (AvgIpc) is 2.76. The molecule has 1 atom stereocenters. The van der Waals surface area contributed by atoms with Crippen LogP contribution in [0.3, 0.4) is 0 Å². The van der Waals surface area contributed by atoms with E-state index in [2.05, 4.69) is 79.8 Å². The second kappa shape index (κ2) is 6.85. The van der Waals surface area contributed by atoms with Crippen molar-refractivity contribution >= 4 is 43.2 Å². The van der Waals surface area contributed by atoms with Gasteiger partial charge < -0.3 is 5.32 Å². The molecule has 0 bridgehead atoms. The second-order valence-electron chi connectivity index (χ2n) is 4.34. The summed E-state index contributed by atoms with van der Waals surface area (Å²) in [6.45, 7) is 3.17. The molecule has 0 radical (unpaired) electrons. The summed E-state index contributed by atoms with van der Waals surface area (Å²) in [5.74, 6) is 0. The third-order valence-electron chi connectivity index (χ3n) is 2.70. The van der Waals surface area contributed by atoms with Gasteiger partial charge in [-0.05, 0) is 53.0 Å². The summed E-state index contributed by atoms with van der Waals surface area (Å²) in [5, 5.41) is 5.67. The Morgan fingerprint density at radius 2 is 1.89 bits per heavy atom. The van der Waals surface area contributed by atoms with Gasteiger partial charge in [0, 0.05) is 31.8 Å². The van der Waals surface area contributed by atoms with Crippen LogP contribution < -0.4 is 5.32 Å². The summed E-state index contributed by atoms with van der Waals surface area (Å²) in [5.41, 5.74) is 1.37. The van der Waals surface area contributed by atoms with E-state index in [9.17, 15) is 0 Å². The van der Waals surface area contributed by atoms with E-state index in [0.717, 1.165) is 17.4 Å². The lowest BCUT2D eigenvalue weighted by atomic mass is 10.1. The number of hydrogen-bond acceptors (Lipinski definition) is 2. The van der Waals surface area contributed by atoms with Crippen molar-refractivity contribution in [2.75, 3.05) is 0 Å². The number of thiophene rings is 1. The Labute approximate surface area is 129 Å². The van der Waals surface area contributed by atoms with Crippen molar-refractivity contribution in [3.05, 3.63) is 55.1 Å². The van der Waals surface area contributed by atoms with Crippen LogP contribution in [0.5, 0.6) is 0 Å². The summed E-state index contributed by atoms with van der Waals surface area (Å²) < 4.78 is 2.31. The predicted molar refractivity (Wildman–Crippen MR) is 86.2 cm³/mol. The van der Waals surface area contributed by atoms with Crippen molar-refractivity contribution in [2.45, 2.75) is 25.9 Å². The first-order chi connectivity index (χ1) is 8.63. The quantitative estimate of drug-likeness (QED) is 0.760. The molecule has 0 aliphatic carbocycles. The number of nitrogens with one attached hydrogen (secondary N) is 1. The molecule has 1 aromatic heterocycles. The van der Waals surface area contributed by atoms with Crippen LogP contribution in [-0.2, 0) is 13.0 Å². The third kappa shape index (κ3) is 4.50. The van der Waals surface area contributed by atoms with Gasteiger partial charge in [-0.1, -0.05) is 28.1 Å². The van der Waals surface area contributed by atoms with Gasteiger partial charge in [-0.3, -0.25) is 0 Å². The Hall–Kier alpha value is -0.160. The van der Waals surface area contributed by atoms with Gasteiger partial charge in [0.25, 0.3) is 0 Å². The minimum absolute atomic E-state index is 0.479. The molecule has 0 saturated carbocycles. The summed E-state index contributed by atoms with van der Waals surface area (Å²) in [4.78, 5) is 1.37. The molecule has 1 nitrogen and oxygen atoms in total. The lowest BCUT2D eigenvalue weighted by Gasteiger charge is -2.13. The molecule has 1 aromatic carbocycles. The Balaban J connectivity index is 1.81. The van der Waals surface area contributed by atoms with E-state index < -0.39 is 0 Å². The average molecular weight is 389 g/mol. The molecule has 96 valence electrons. The summed E-state index contributed by atoms with van der Waals surface area (Å²) >= 11 is 8.72. The molecule has 0 amide bonds. The van der Waals surface area contributed by atoms with Crippen molar-refractivity contribution in [2.24, 2.45) is 0 Å².